The van der Waals surface area contributed by atoms with E-state index in [4.69, 9.17) is 0 Å². The number of hydrogen-bond donors (Lipinski definition) is 2. The van der Waals surface area contributed by atoms with E-state index in [0.717, 1.165) is 0 Å². The second kappa shape index (κ2) is 4.45. The molecule has 1 rings (SSSR count). The molecule has 0 aromatic heterocycles. The van der Waals surface area contributed by atoms with Crippen LogP contribution in [0.2, 0.25) is 0 Å². The molecule has 0 bridgehead atoms. The van der Waals surface area contributed by atoms with E-state index >= 15 is 0 Å². The predicted molar refractivity (Wildman–Crippen MR) is 60.5 cm³/mol. The first-order chi connectivity index (χ1) is 6.91. The fourth-order valence-corrected chi connectivity index (χ4v) is 1.13. The number of para-hydroxylation sites is 1. The van der Waals surface area contributed by atoms with Gasteiger partial charge in [-0.3, -0.25) is 4.79 Å². The molecule has 1 aromatic carbocycles. The van der Waals surface area contributed by atoms with E-state index in [1.54, 1.807) is 12.1 Å². The molecule has 0 aliphatic heterocycles. The number of benzene rings is 1. The third-order valence-electron chi connectivity index (χ3n) is 2.11. The number of carbonyl (C=O) groups is 1. The minimum atomic E-state index is -1.00. The zero-order chi connectivity index (χ0) is 11.5. The van der Waals surface area contributed by atoms with Gasteiger partial charge in [-0.15, -0.1) is 0 Å². The van der Waals surface area contributed by atoms with E-state index in [1.165, 1.54) is 0 Å². The molecule has 0 radical (unpaired) electrons. The second-order valence-corrected chi connectivity index (χ2v) is 4.62. The number of aliphatic hydroxyl groups is 1. The third-order valence-corrected chi connectivity index (χ3v) is 2.11. The van der Waals surface area contributed by atoms with Crippen LogP contribution in [0.4, 0.5) is 5.69 Å². The van der Waals surface area contributed by atoms with Crippen LogP contribution >= 0.6 is 0 Å². The summed E-state index contributed by atoms with van der Waals surface area (Å²) in [6.07, 6.45) is -1.00. The van der Waals surface area contributed by atoms with Crippen molar-refractivity contribution in [1.82, 2.24) is 0 Å². The van der Waals surface area contributed by atoms with Crippen LogP contribution in [0.3, 0.4) is 0 Å². The molecule has 1 aromatic rings. The van der Waals surface area contributed by atoms with E-state index in [9.17, 15) is 9.90 Å². The van der Waals surface area contributed by atoms with Gasteiger partial charge in [0.25, 0.3) is 5.91 Å². The Labute approximate surface area is 90.1 Å². The normalized spacial score (nSPS) is 13.3. The number of amides is 1. The largest absolute Gasteiger partial charge is 0.383 e. The maximum absolute atomic E-state index is 11.6. The summed E-state index contributed by atoms with van der Waals surface area (Å²) in [7, 11) is 0. The van der Waals surface area contributed by atoms with Crippen LogP contribution in [0.5, 0.6) is 0 Å². The van der Waals surface area contributed by atoms with E-state index in [-0.39, 0.29) is 5.91 Å². The van der Waals surface area contributed by atoms with Gasteiger partial charge in [-0.1, -0.05) is 39.0 Å². The molecule has 0 saturated carbocycles. The van der Waals surface area contributed by atoms with Gasteiger partial charge in [0, 0.05) is 5.69 Å². The minimum absolute atomic E-state index is 0.367. The molecular formula is C12H17NO2. The lowest BCUT2D eigenvalue weighted by atomic mass is 9.88. The van der Waals surface area contributed by atoms with Crippen LogP contribution < -0.4 is 5.32 Å². The van der Waals surface area contributed by atoms with Gasteiger partial charge in [0.05, 0.1) is 0 Å². The number of hydrogen-bond acceptors (Lipinski definition) is 2. The first-order valence-corrected chi connectivity index (χ1v) is 4.95. The highest BCUT2D eigenvalue weighted by molar-refractivity contribution is 5.94. The molecule has 0 heterocycles. The van der Waals surface area contributed by atoms with Gasteiger partial charge in [-0.05, 0) is 17.5 Å². The SMILES string of the molecule is CC(C)(C)[C@H](O)C(=O)Nc1ccccc1. The maximum Gasteiger partial charge on any atom is 0.253 e. The van der Waals surface area contributed by atoms with Crippen molar-refractivity contribution in [2.75, 3.05) is 5.32 Å². The Balaban J connectivity index is 2.65. The van der Waals surface area contributed by atoms with Gasteiger partial charge >= 0.3 is 0 Å². The number of rotatable bonds is 2. The molecule has 0 aliphatic carbocycles. The maximum atomic E-state index is 11.6. The van der Waals surface area contributed by atoms with Crippen molar-refractivity contribution in [3.8, 4) is 0 Å². The van der Waals surface area contributed by atoms with Crippen molar-refractivity contribution in [1.29, 1.82) is 0 Å². The number of aliphatic hydroxyl groups excluding tert-OH is 1. The van der Waals surface area contributed by atoms with Crippen molar-refractivity contribution >= 4 is 11.6 Å². The zero-order valence-electron chi connectivity index (χ0n) is 9.32. The van der Waals surface area contributed by atoms with Crippen LogP contribution in [0.1, 0.15) is 20.8 Å². The first-order valence-electron chi connectivity index (χ1n) is 4.95. The second-order valence-electron chi connectivity index (χ2n) is 4.62. The molecule has 82 valence electrons. The van der Waals surface area contributed by atoms with Crippen LogP contribution in [0.15, 0.2) is 30.3 Å². The summed E-state index contributed by atoms with van der Waals surface area (Å²) >= 11 is 0. The summed E-state index contributed by atoms with van der Waals surface area (Å²) in [5.41, 5.74) is 0.254. The Morgan fingerprint density at radius 3 is 2.27 bits per heavy atom. The Bertz CT molecular complexity index is 327. The smallest absolute Gasteiger partial charge is 0.253 e. The topological polar surface area (TPSA) is 49.3 Å². The molecule has 15 heavy (non-hydrogen) atoms. The average molecular weight is 207 g/mol. The summed E-state index contributed by atoms with van der Waals surface area (Å²) in [6.45, 7) is 5.46. The van der Waals surface area contributed by atoms with Crippen LogP contribution in [-0.2, 0) is 4.79 Å². The first kappa shape index (κ1) is 11.7. The molecule has 0 unspecified atom stereocenters. The molecular weight excluding hydrogens is 190 g/mol. The van der Waals surface area contributed by atoms with Crippen LogP contribution in [0, 0.1) is 5.41 Å². The number of nitrogens with one attached hydrogen (secondary N) is 1. The van der Waals surface area contributed by atoms with E-state index < -0.39 is 11.5 Å². The lowest BCUT2D eigenvalue weighted by Crippen LogP contribution is -2.38. The van der Waals surface area contributed by atoms with Crippen molar-refractivity contribution in [2.45, 2.75) is 26.9 Å². The molecule has 1 amide bonds. The van der Waals surface area contributed by atoms with Crippen LogP contribution in [-0.4, -0.2) is 17.1 Å². The Hall–Kier alpha value is -1.35. The monoisotopic (exact) mass is 207 g/mol. The summed E-state index contributed by atoms with van der Waals surface area (Å²) < 4.78 is 0. The van der Waals surface area contributed by atoms with Crippen molar-refractivity contribution in [3.63, 3.8) is 0 Å². The number of carbonyl (C=O) groups excluding carboxylic acids is 1. The molecule has 0 saturated heterocycles. The van der Waals surface area contributed by atoms with Gasteiger partial charge in [0.15, 0.2) is 0 Å². The van der Waals surface area contributed by atoms with Crippen LogP contribution in [0.25, 0.3) is 0 Å². The molecule has 0 spiro atoms. The van der Waals surface area contributed by atoms with Gasteiger partial charge in [0.2, 0.25) is 0 Å². The molecule has 0 fully saturated rings. The highest BCUT2D eigenvalue weighted by Gasteiger charge is 2.28. The fourth-order valence-electron chi connectivity index (χ4n) is 1.13. The number of anilines is 1. The standard InChI is InChI=1S/C12H17NO2/c1-12(2,3)10(14)11(15)13-9-7-5-4-6-8-9/h4-8,10,14H,1-3H3,(H,13,15)/t10-/m1/s1. The van der Waals surface area contributed by atoms with Crippen molar-refractivity contribution in [2.24, 2.45) is 5.41 Å². The molecule has 0 aliphatic rings. The molecule has 3 nitrogen and oxygen atoms in total. The zero-order valence-corrected chi connectivity index (χ0v) is 9.32. The Kier molecular flexibility index (Phi) is 3.48. The quantitative estimate of drug-likeness (QED) is 0.779. The predicted octanol–water partition coefficient (Wildman–Crippen LogP) is 2.03. The highest BCUT2D eigenvalue weighted by atomic mass is 16.3. The van der Waals surface area contributed by atoms with Gasteiger partial charge in [0.1, 0.15) is 6.10 Å². The molecule has 3 heteroatoms. The average Bonchev–Trinajstić information content (AvgIpc) is 2.16. The third kappa shape index (κ3) is 3.36. The molecule has 2 N–H and O–H groups in total. The molecule has 1 atom stereocenters. The lowest BCUT2D eigenvalue weighted by Gasteiger charge is -2.24. The lowest BCUT2D eigenvalue weighted by molar-refractivity contribution is -0.129. The summed E-state index contributed by atoms with van der Waals surface area (Å²) in [5, 5.41) is 12.4. The Morgan fingerprint density at radius 1 is 1.27 bits per heavy atom. The summed E-state index contributed by atoms with van der Waals surface area (Å²) in [6, 6.07) is 9.11. The minimum Gasteiger partial charge on any atom is -0.383 e. The highest BCUT2D eigenvalue weighted by Crippen LogP contribution is 2.20. The Morgan fingerprint density at radius 2 is 1.80 bits per heavy atom. The van der Waals surface area contributed by atoms with E-state index in [1.807, 2.05) is 39.0 Å². The summed E-state index contributed by atoms with van der Waals surface area (Å²) in [4.78, 5) is 11.6. The van der Waals surface area contributed by atoms with Crippen molar-refractivity contribution in [3.05, 3.63) is 30.3 Å². The van der Waals surface area contributed by atoms with Crippen molar-refractivity contribution < 1.29 is 9.90 Å². The van der Waals surface area contributed by atoms with Gasteiger partial charge in [-0.25, -0.2) is 0 Å². The van der Waals surface area contributed by atoms with E-state index in [0.29, 0.717) is 5.69 Å². The van der Waals surface area contributed by atoms with Gasteiger partial charge in [-0.2, -0.15) is 0 Å². The van der Waals surface area contributed by atoms with E-state index in [2.05, 4.69) is 5.32 Å². The van der Waals surface area contributed by atoms with Gasteiger partial charge < -0.3 is 10.4 Å². The fraction of sp³-hybridized carbons (Fsp3) is 0.417. The summed E-state index contributed by atoms with van der Waals surface area (Å²) in [5.74, 6) is -0.367.